The van der Waals surface area contributed by atoms with Crippen molar-refractivity contribution in [2.45, 2.75) is 77.7 Å². The Hall–Kier alpha value is -0.410. The van der Waals surface area contributed by atoms with Crippen LogP contribution in [0.15, 0.2) is 0 Å². The van der Waals surface area contributed by atoms with Gasteiger partial charge in [0.25, 0.3) is 0 Å². The summed E-state index contributed by atoms with van der Waals surface area (Å²) in [5.74, 6) is 3.08. The summed E-state index contributed by atoms with van der Waals surface area (Å²) in [6.45, 7) is 4.57. The number of rotatable bonds is 2. The van der Waals surface area contributed by atoms with Crippen LogP contribution in [0.2, 0.25) is 0 Å². The summed E-state index contributed by atoms with van der Waals surface area (Å²) < 4.78 is 0. The molecule has 0 heterocycles. The summed E-state index contributed by atoms with van der Waals surface area (Å²) in [7, 11) is 0. The van der Waals surface area contributed by atoms with Crippen molar-refractivity contribution in [1.29, 1.82) is 0 Å². The van der Waals surface area contributed by atoms with Gasteiger partial charge in [-0.25, -0.2) is 0 Å². The molecular formula is C21H34O3. The van der Waals surface area contributed by atoms with Crippen molar-refractivity contribution in [2.75, 3.05) is 6.61 Å². The highest BCUT2D eigenvalue weighted by atomic mass is 16.3. The van der Waals surface area contributed by atoms with Gasteiger partial charge in [-0.1, -0.05) is 13.8 Å². The molecule has 0 spiro atoms. The van der Waals surface area contributed by atoms with Gasteiger partial charge in [-0.15, -0.1) is 0 Å². The Morgan fingerprint density at radius 2 is 1.67 bits per heavy atom. The van der Waals surface area contributed by atoms with Crippen LogP contribution in [0.4, 0.5) is 0 Å². The van der Waals surface area contributed by atoms with Gasteiger partial charge in [-0.05, 0) is 92.3 Å². The van der Waals surface area contributed by atoms with Crippen molar-refractivity contribution in [1.82, 2.24) is 0 Å². The van der Waals surface area contributed by atoms with Gasteiger partial charge in [0.1, 0.15) is 6.61 Å². The fourth-order valence-electron chi connectivity index (χ4n) is 7.87. The molecule has 0 amide bonds. The molecule has 0 aromatic carbocycles. The standard InChI is InChI=1S/C21H34O3/c1-20-9-7-14(23)11-13(20)3-4-15-16-5-6-18(19(24)12-22)21(16,2)10-8-17(15)20/h13-18,22-23H,3-12H2,1-2H3/t13-,14-,15+,16?,17?,18-,20+,21+/m1/s1. The highest BCUT2D eigenvalue weighted by Crippen LogP contribution is 2.67. The molecule has 0 aromatic rings. The Morgan fingerprint density at radius 3 is 2.42 bits per heavy atom. The van der Waals surface area contributed by atoms with Gasteiger partial charge >= 0.3 is 0 Å². The second-order valence-corrected chi connectivity index (χ2v) is 9.88. The van der Waals surface area contributed by atoms with Gasteiger partial charge in [0.2, 0.25) is 0 Å². The largest absolute Gasteiger partial charge is 0.393 e. The molecule has 3 nitrogen and oxygen atoms in total. The number of aliphatic hydroxyl groups is 2. The zero-order chi connectivity index (χ0) is 17.1. The first-order valence-electron chi connectivity index (χ1n) is 10.2. The SMILES string of the molecule is C[C@]12CCC3[C@@H](CC[C@@H]4C[C@H](O)CC[C@]34C)C1CC[C@@H]2C(=O)CO. The van der Waals surface area contributed by atoms with E-state index in [1.165, 1.54) is 32.1 Å². The summed E-state index contributed by atoms with van der Waals surface area (Å²) >= 11 is 0. The molecule has 4 aliphatic rings. The number of hydrogen-bond donors (Lipinski definition) is 2. The second kappa shape index (κ2) is 5.81. The van der Waals surface area contributed by atoms with E-state index in [0.717, 1.165) is 37.5 Å². The topological polar surface area (TPSA) is 57.5 Å². The highest BCUT2D eigenvalue weighted by molar-refractivity contribution is 5.83. The van der Waals surface area contributed by atoms with Crippen LogP contribution in [0.25, 0.3) is 0 Å². The predicted octanol–water partition coefficient (Wildman–Crippen LogP) is 3.57. The fourth-order valence-corrected chi connectivity index (χ4v) is 7.87. The zero-order valence-corrected chi connectivity index (χ0v) is 15.3. The summed E-state index contributed by atoms with van der Waals surface area (Å²) in [6.07, 6.45) is 10.2. The minimum absolute atomic E-state index is 0.0773. The molecule has 4 fully saturated rings. The van der Waals surface area contributed by atoms with Crippen LogP contribution in [0.5, 0.6) is 0 Å². The molecule has 24 heavy (non-hydrogen) atoms. The van der Waals surface area contributed by atoms with Crippen molar-refractivity contribution in [3.63, 3.8) is 0 Å². The molecule has 3 heteroatoms. The quantitative estimate of drug-likeness (QED) is 0.812. The van der Waals surface area contributed by atoms with E-state index in [-0.39, 0.29) is 29.8 Å². The Morgan fingerprint density at radius 1 is 0.958 bits per heavy atom. The van der Waals surface area contributed by atoms with E-state index in [1.54, 1.807) is 0 Å². The second-order valence-electron chi connectivity index (χ2n) is 9.88. The molecule has 0 saturated heterocycles. The molecule has 4 rings (SSSR count). The van der Waals surface area contributed by atoms with Crippen molar-refractivity contribution >= 4 is 5.78 Å². The minimum Gasteiger partial charge on any atom is -0.393 e. The van der Waals surface area contributed by atoms with E-state index in [2.05, 4.69) is 13.8 Å². The first-order valence-corrected chi connectivity index (χ1v) is 10.2. The lowest BCUT2D eigenvalue weighted by Gasteiger charge is -2.60. The lowest BCUT2D eigenvalue weighted by atomic mass is 9.44. The number of hydrogen-bond acceptors (Lipinski definition) is 3. The van der Waals surface area contributed by atoms with Crippen molar-refractivity contribution in [2.24, 2.45) is 40.4 Å². The van der Waals surface area contributed by atoms with Crippen LogP contribution in [-0.4, -0.2) is 28.7 Å². The molecule has 0 bridgehead atoms. The number of carbonyl (C=O) groups is 1. The molecule has 4 saturated carbocycles. The first kappa shape index (κ1) is 17.0. The van der Waals surface area contributed by atoms with E-state index in [0.29, 0.717) is 17.3 Å². The molecule has 2 unspecified atom stereocenters. The van der Waals surface area contributed by atoms with Crippen LogP contribution in [0, 0.1) is 40.4 Å². The molecule has 8 atom stereocenters. The Balaban J connectivity index is 1.60. The third kappa shape index (κ3) is 2.26. The summed E-state index contributed by atoms with van der Waals surface area (Å²) in [5.41, 5.74) is 0.529. The molecule has 4 aliphatic carbocycles. The van der Waals surface area contributed by atoms with E-state index in [9.17, 15) is 15.0 Å². The lowest BCUT2D eigenvalue weighted by molar-refractivity contribution is -0.141. The van der Waals surface area contributed by atoms with E-state index in [4.69, 9.17) is 0 Å². The molecule has 0 aliphatic heterocycles. The van der Waals surface area contributed by atoms with Crippen molar-refractivity contribution in [3.05, 3.63) is 0 Å². The highest BCUT2D eigenvalue weighted by Gasteiger charge is 2.60. The van der Waals surface area contributed by atoms with E-state index < -0.39 is 0 Å². The first-order chi connectivity index (χ1) is 11.4. The third-order valence-electron chi connectivity index (χ3n) is 9.18. The summed E-state index contributed by atoms with van der Waals surface area (Å²) in [6, 6.07) is 0. The predicted molar refractivity (Wildman–Crippen MR) is 93.3 cm³/mol. The molecule has 0 aromatic heterocycles. The van der Waals surface area contributed by atoms with Crippen LogP contribution in [0.3, 0.4) is 0 Å². The van der Waals surface area contributed by atoms with Crippen molar-refractivity contribution < 1.29 is 15.0 Å². The maximum Gasteiger partial charge on any atom is 0.161 e. The summed E-state index contributed by atoms with van der Waals surface area (Å²) in [5, 5.41) is 19.5. The van der Waals surface area contributed by atoms with Gasteiger partial charge in [0, 0.05) is 5.92 Å². The average molecular weight is 335 g/mol. The van der Waals surface area contributed by atoms with Gasteiger partial charge in [0.15, 0.2) is 5.78 Å². The summed E-state index contributed by atoms with van der Waals surface area (Å²) in [4.78, 5) is 12.3. The fraction of sp³-hybridized carbons (Fsp3) is 0.952. The Kier molecular flexibility index (Phi) is 4.12. The van der Waals surface area contributed by atoms with Crippen LogP contribution in [-0.2, 0) is 4.79 Å². The number of aliphatic hydroxyl groups excluding tert-OH is 2. The minimum atomic E-state index is -0.279. The molecular weight excluding hydrogens is 300 g/mol. The number of carbonyl (C=O) groups excluding carboxylic acids is 1. The van der Waals surface area contributed by atoms with Crippen LogP contribution >= 0.6 is 0 Å². The maximum atomic E-state index is 12.3. The third-order valence-corrected chi connectivity index (χ3v) is 9.18. The molecule has 136 valence electrons. The Labute approximate surface area is 146 Å². The van der Waals surface area contributed by atoms with Crippen molar-refractivity contribution in [3.8, 4) is 0 Å². The molecule has 2 N–H and O–H groups in total. The van der Waals surface area contributed by atoms with Crippen LogP contribution < -0.4 is 0 Å². The number of fused-ring (bicyclic) bond motifs is 5. The number of Topliss-reactive ketones (excluding diaryl/α,β-unsaturated/α-hetero) is 1. The number of ketones is 1. The lowest BCUT2D eigenvalue weighted by Crippen LogP contribution is -2.54. The van der Waals surface area contributed by atoms with Gasteiger partial charge in [-0.3, -0.25) is 4.79 Å². The smallest absolute Gasteiger partial charge is 0.161 e. The monoisotopic (exact) mass is 334 g/mol. The molecule has 0 radical (unpaired) electrons. The van der Waals surface area contributed by atoms with Gasteiger partial charge in [0.05, 0.1) is 6.10 Å². The zero-order valence-electron chi connectivity index (χ0n) is 15.3. The van der Waals surface area contributed by atoms with Crippen LogP contribution in [0.1, 0.15) is 71.6 Å². The normalized spacial score (nSPS) is 53.8. The average Bonchev–Trinajstić information content (AvgIpc) is 2.92. The maximum absolute atomic E-state index is 12.3. The van der Waals surface area contributed by atoms with Gasteiger partial charge < -0.3 is 10.2 Å². The van der Waals surface area contributed by atoms with Gasteiger partial charge in [-0.2, -0.15) is 0 Å². The van der Waals surface area contributed by atoms with E-state index in [1.807, 2.05) is 0 Å². The Bertz CT molecular complexity index is 517. The van der Waals surface area contributed by atoms with E-state index >= 15 is 0 Å².